The fourth-order valence-electron chi connectivity index (χ4n) is 3.62. The van der Waals surface area contributed by atoms with Gasteiger partial charge in [-0.2, -0.15) is 4.98 Å². The Hall–Kier alpha value is -3.36. The molecule has 5 rings (SSSR count). The minimum atomic E-state index is -0.891. The molecule has 2 aromatic carbocycles. The summed E-state index contributed by atoms with van der Waals surface area (Å²) in [5, 5.41) is 9.52. The van der Waals surface area contributed by atoms with Gasteiger partial charge in [0.15, 0.2) is 11.5 Å². The zero-order valence-corrected chi connectivity index (χ0v) is 18.7. The third-order valence-electron chi connectivity index (χ3n) is 5.04. The van der Waals surface area contributed by atoms with Gasteiger partial charge in [0.05, 0.1) is 10.7 Å². The van der Waals surface area contributed by atoms with Crippen LogP contribution in [0.2, 0.25) is 5.02 Å². The molecule has 160 valence electrons. The number of benzene rings is 2. The quantitative estimate of drug-likeness (QED) is 0.364. The number of hydrogen-bond acceptors (Lipinski definition) is 7. The molecule has 1 aliphatic heterocycles. The first-order valence-electron chi connectivity index (χ1n) is 9.76. The fraction of sp³-hybridized carbons (Fsp3) is 0.130. The third kappa shape index (κ3) is 3.51. The highest BCUT2D eigenvalue weighted by atomic mass is 35.5. The van der Waals surface area contributed by atoms with Crippen molar-refractivity contribution < 1.29 is 13.9 Å². The van der Waals surface area contributed by atoms with Crippen molar-refractivity contribution in [3.8, 4) is 28.5 Å². The SMILES string of the molecule is CSc1nnc2c(n1)O[C@H](c1ccc(-c3ccccc3Cl)o1)N(C(C)=O)c1ccccc1-2. The molecule has 1 aliphatic rings. The number of nitrogens with zero attached hydrogens (tertiary/aromatic N) is 4. The van der Waals surface area contributed by atoms with E-state index in [2.05, 4.69) is 15.2 Å². The van der Waals surface area contributed by atoms with Gasteiger partial charge in [0.25, 0.3) is 0 Å². The van der Waals surface area contributed by atoms with E-state index < -0.39 is 6.23 Å². The normalized spacial score (nSPS) is 14.8. The lowest BCUT2D eigenvalue weighted by atomic mass is 10.1. The molecule has 0 unspecified atom stereocenters. The van der Waals surface area contributed by atoms with Crippen LogP contribution in [0.4, 0.5) is 5.69 Å². The number of amides is 1. The zero-order valence-electron chi connectivity index (χ0n) is 17.2. The summed E-state index contributed by atoms with van der Waals surface area (Å²) < 4.78 is 12.4. The maximum Gasteiger partial charge on any atom is 0.247 e. The lowest BCUT2D eigenvalue weighted by Gasteiger charge is -2.28. The predicted octanol–water partition coefficient (Wildman–Crippen LogP) is 5.62. The van der Waals surface area contributed by atoms with Gasteiger partial charge in [-0.3, -0.25) is 9.69 Å². The molecule has 7 nitrogen and oxygen atoms in total. The molecule has 0 aliphatic carbocycles. The monoisotopic (exact) mass is 464 g/mol. The third-order valence-corrected chi connectivity index (χ3v) is 5.91. The molecule has 2 aromatic heterocycles. The average Bonchev–Trinajstić information content (AvgIpc) is 3.23. The van der Waals surface area contributed by atoms with E-state index in [-0.39, 0.29) is 11.8 Å². The second-order valence-corrected chi connectivity index (χ2v) is 8.19. The standard InChI is InChI=1S/C23H17ClN4O3S/c1-13(29)28-17-10-6-4-8-15(17)20-21(25-23(32-2)27-26-20)31-22(28)19-12-11-18(30-19)14-7-3-5-9-16(14)24/h3-12,22H,1-2H3/t22-/m1/s1. The number of carbonyl (C=O) groups is 1. The molecule has 0 spiro atoms. The first kappa shape index (κ1) is 20.5. The van der Waals surface area contributed by atoms with Crippen LogP contribution in [-0.2, 0) is 4.79 Å². The Kier molecular flexibility index (Phi) is 5.32. The van der Waals surface area contributed by atoms with Gasteiger partial charge in [-0.15, -0.1) is 10.2 Å². The van der Waals surface area contributed by atoms with Gasteiger partial charge in [-0.05, 0) is 36.6 Å². The maximum absolute atomic E-state index is 12.8. The topological polar surface area (TPSA) is 81.3 Å². The van der Waals surface area contributed by atoms with Crippen LogP contribution < -0.4 is 9.64 Å². The molecule has 4 aromatic rings. The van der Waals surface area contributed by atoms with Crippen LogP contribution >= 0.6 is 23.4 Å². The lowest BCUT2D eigenvalue weighted by Crippen LogP contribution is -2.35. The van der Waals surface area contributed by atoms with Gasteiger partial charge in [0, 0.05) is 18.1 Å². The van der Waals surface area contributed by atoms with E-state index in [1.165, 1.54) is 23.6 Å². The number of para-hydroxylation sites is 1. The Morgan fingerprint density at radius 3 is 2.53 bits per heavy atom. The molecule has 0 bridgehead atoms. The highest BCUT2D eigenvalue weighted by Gasteiger charge is 2.36. The summed E-state index contributed by atoms with van der Waals surface area (Å²) in [4.78, 5) is 18.9. The fourth-order valence-corrected chi connectivity index (χ4v) is 4.14. The Morgan fingerprint density at radius 1 is 1.03 bits per heavy atom. The van der Waals surface area contributed by atoms with Crippen LogP contribution in [0.25, 0.3) is 22.6 Å². The van der Waals surface area contributed by atoms with Crippen molar-refractivity contribution in [1.82, 2.24) is 15.2 Å². The van der Waals surface area contributed by atoms with Crippen molar-refractivity contribution in [3.05, 3.63) is 71.4 Å². The summed E-state index contributed by atoms with van der Waals surface area (Å²) in [7, 11) is 0. The Bertz CT molecular complexity index is 1330. The molecule has 0 saturated heterocycles. The van der Waals surface area contributed by atoms with E-state index in [0.717, 1.165) is 5.56 Å². The van der Waals surface area contributed by atoms with Crippen LogP contribution in [0.1, 0.15) is 18.9 Å². The van der Waals surface area contributed by atoms with E-state index in [1.54, 1.807) is 12.1 Å². The number of aromatic nitrogens is 3. The molecular formula is C23H17ClN4O3S. The summed E-state index contributed by atoms with van der Waals surface area (Å²) in [6.45, 7) is 1.48. The van der Waals surface area contributed by atoms with Gasteiger partial charge in [0.1, 0.15) is 5.76 Å². The minimum absolute atomic E-state index is 0.219. The van der Waals surface area contributed by atoms with Gasteiger partial charge >= 0.3 is 0 Å². The summed E-state index contributed by atoms with van der Waals surface area (Å²) in [5.41, 5.74) is 2.54. The smallest absolute Gasteiger partial charge is 0.247 e. The zero-order chi connectivity index (χ0) is 22.2. The maximum atomic E-state index is 12.8. The number of halogens is 1. The highest BCUT2D eigenvalue weighted by molar-refractivity contribution is 7.98. The van der Waals surface area contributed by atoms with E-state index >= 15 is 0 Å². The van der Waals surface area contributed by atoms with Gasteiger partial charge in [-0.1, -0.05) is 53.7 Å². The van der Waals surface area contributed by atoms with Crippen molar-refractivity contribution >= 4 is 35.0 Å². The Balaban J connectivity index is 1.68. The van der Waals surface area contributed by atoms with Crippen molar-refractivity contribution in [2.45, 2.75) is 18.3 Å². The van der Waals surface area contributed by atoms with Crippen LogP contribution in [0.15, 0.2) is 70.2 Å². The summed E-state index contributed by atoms with van der Waals surface area (Å²) in [6, 6.07) is 18.4. The number of fused-ring (bicyclic) bond motifs is 3. The first-order valence-corrected chi connectivity index (χ1v) is 11.4. The van der Waals surface area contributed by atoms with Gasteiger partial charge < -0.3 is 9.15 Å². The number of ether oxygens (including phenoxy) is 1. The summed E-state index contributed by atoms with van der Waals surface area (Å²) in [5.74, 6) is 1.06. The van der Waals surface area contributed by atoms with Crippen molar-refractivity contribution in [1.29, 1.82) is 0 Å². The molecule has 3 heterocycles. The van der Waals surface area contributed by atoms with Crippen molar-refractivity contribution in [2.24, 2.45) is 0 Å². The van der Waals surface area contributed by atoms with Gasteiger partial charge in [-0.25, -0.2) is 0 Å². The Morgan fingerprint density at radius 2 is 1.78 bits per heavy atom. The molecule has 1 atom stereocenters. The highest BCUT2D eigenvalue weighted by Crippen LogP contribution is 2.44. The van der Waals surface area contributed by atoms with Crippen LogP contribution in [0, 0.1) is 0 Å². The van der Waals surface area contributed by atoms with Crippen LogP contribution in [-0.4, -0.2) is 27.3 Å². The molecule has 9 heteroatoms. The van der Waals surface area contributed by atoms with Gasteiger partial charge in [0.2, 0.25) is 23.2 Å². The molecule has 0 fully saturated rings. The number of anilines is 1. The molecule has 0 N–H and O–H groups in total. The average molecular weight is 465 g/mol. The number of carbonyl (C=O) groups excluding carboxylic acids is 1. The molecule has 32 heavy (non-hydrogen) atoms. The van der Waals surface area contributed by atoms with Crippen LogP contribution in [0.5, 0.6) is 5.88 Å². The molecule has 0 saturated carbocycles. The van der Waals surface area contributed by atoms with Crippen LogP contribution in [0.3, 0.4) is 0 Å². The lowest BCUT2D eigenvalue weighted by molar-refractivity contribution is -0.118. The van der Waals surface area contributed by atoms with E-state index in [4.69, 9.17) is 20.8 Å². The summed E-state index contributed by atoms with van der Waals surface area (Å²) >= 11 is 7.70. The van der Waals surface area contributed by atoms with E-state index in [1.807, 2.05) is 54.8 Å². The first-order chi connectivity index (χ1) is 15.6. The summed E-state index contributed by atoms with van der Waals surface area (Å²) in [6.07, 6.45) is 0.966. The minimum Gasteiger partial charge on any atom is -0.455 e. The number of furan rings is 1. The molecule has 1 amide bonds. The second-order valence-electron chi connectivity index (χ2n) is 7.01. The number of hydrogen-bond donors (Lipinski definition) is 0. The van der Waals surface area contributed by atoms with Crippen molar-refractivity contribution in [3.63, 3.8) is 0 Å². The predicted molar refractivity (Wildman–Crippen MR) is 123 cm³/mol. The molecule has 0 radical (unpaired) electrons. The Labute approximate surface area is 193 Å². The van der Waals surface area contributed by atoms with E-state index in [0.29, 0.717) is 38.6 Å². The van der Waals surface area contributed by atoms with E-state index in [9.17, 15) is 4.79 Å². The number of rotatable bonds is 3. The largest absolute Gasteiger partial charge is 0.455 e. The second kappa shape index (κ2) is 8.29. The molecular weight excluding hydrogens is 448 g/mol. The van der Waals surface area contributed by atoms with Crippen molar-refractivity contribution in [2.75, 3.05) is 11.2 Å². The number of thioether (sulfide) groups is 1.